The molecule has 0 aromatic carbocycles. The van der Waals surface area contributed by atoms with Crippen molar-refractivity contribution in [3.8, 4) is 0 Å². The van der Waals surface area contributed by atoms with E-state index in [-0.39, 0.29) is 0 Å². The molecule has 0 aliphatic heterocycles. The van der Waals surface area contributed by atoms with E-state index in [1.807, 2.05) is 12.1 Å². The van der Waals surface area contributed by atoms with Crippen molar-refractivity contribution >= 4 is 11.8 Å². The average Bonchev–Trinajstić information content (AvgIpc) is 3.00. The summed E-state index contributed by atoms with van der Waals surface area (Å²) in [6.45, 7) is 2.05. The van der Waals surface area contributed by atoms with Crippen LogP contribution in [-0.2, 0) is 0 Å². The lowest BCUT2D eigenvalue weighted by molar-refractivity contribution is 0.112. The number of aldehydes is 1. The topological polar surface area (TPSA) is 34.4 Å². The van der Waals surface area contributed by atoms with Crippen molar-refractivity contribution in [1.29, 1.82) is 0 Å². The van der Waals surface area contributed by atoms with E-state index in [1.165, 1.54) is 12.8 Å². The Labute approximate surface area is 87.7 Å². The summed E-state index contributed by atoms with van der Waals surface area (Å²) in [6, 6.07) is 5.97. The number of rotatable bonds is 2. The third-order valence-corrected chi connectivity index (χ3v) is 2.97. The van der Waals surface area contributed by atoms with Gasteiger partial charge in [0.15, 0.2) is 6.29 Å². The highest BCUT2D eigenvalue weighted by Crippen LogP contribution is 2.40. The summed E-state index contributed by atoms with van der Waals surface area (Å²) in [7, 11) is 0. The molecule has 76 valence electrons. The van der Waals surface area contributed by atoms with Gasteiger partial charge in [-0.15, -0.1) is 0 Å². The SMILES string of the molecule is Cc1cccc2c(C=O)nc(C3CC3)n12. The van der Waals surface area contributed by atoms with Gasteiger partial charge in [-0.05, 0) is 31.9 Å². The van der Waals surface area contributed by atoms with Gasteiger partial charge >= 0.3 is 0 Å². The Bertz CT molecular complexity index is 538. The number of carbonyl (C=O) groups excluding carboxylic acids is 1. The Hall–Kier alpha value is -1.64. The van der Waals surface area contributed by atoms with Crippen LogP contribution in [0, 0.1) is 6.92 Å². The molecular weight excluding hydrogens is 188 g/mol. The first-order valence-electron chi connectivity index (χ1n) is 5.24. The van der Waals surface area contributed by atoms with Crippen LogP contribution in [0.2, 0.25) is 0 Å². The summed E-state index contributed by atoms with van der Waals surface area (Å²) in [5.41, 5.74) is 2.66. The standard InChI is InChI=1S/C12H12N2O/c1-8-3-2-4-11-10(7-15)13-12(14(8)11)9-5-6-9/h2-4,7,9H,5-6H2,1H3. The molecule has 0 saturated heterocycles. The molecule has 1 aliphatic carbocycles. The summed E-state index contributed by atoms with van der Waals surface area (Å²) >= 11 is 0. The zero-order chi connectivity index (χ0) is 10.4. The zero-order valence-corrected chi connectivity index (χ0v) is 8.60. The van der Waals surface area contributed by atoms with Crippen LogP contribution >= 0.6 is 0 Å². The number of pyridine rings is 1. The largest absolute Gasteiger partial charge is 0.300 e. The van der Waals surface area contributed by atoms with Crippen molar-refractivity contribution < 1.29 is 4.79 Å². The summed E-state index contributed by atoms with van der Waals surface area (Å²) in [6.07, 6.45) is 3.25. The molecule has 1 fully saturated rings. The molecule has 3 heteroatoms. The number of fused-ring (bicyclic) bond motifs is 1. The van der Waals surface area contributed by atoms with Gasteiger partial charge in [0.05, 0.1) is 5.52 Å². The van der Waals surface area contributed by atoms with Crippen molar-refractivity contribution in [3.05, 3.63) is 35.4 Å². The first kappa shape index (κ1) is 8.65. The number of hydrogen-bond donors (Lipinski definition) is 0. The van der Waals surface area contributed by atoms with Gasteiger partial charge in [0.2, 0.25) is 0 Å². The molecule has 0 atom stereocenters. The third-order valence-electron chi connectivity index (χ3n) is 2.97. The first-order chi connectivity index (χ1) is 7.31. The van der Waals surface area contributed by atoms with E-state index in [9.17, 15) is 4.79 Å². The number of imidazole rings is 1. The minimum absolute atomic E-state index is 0.562. The van der Waals surface area contributed by atoms with Crippen LogP contribution in [0.5, 0.6) is 0 Å². The fourth-order valence-corrected chi connectivity index (χ4v) is 2.05. The Kier molecular flexibility index (Phi) is 1.69. The number of aromatic nitrogens is 2. The predicted molar refractivity (Wildman–Crippen MR) is 57.3 cm³/mol. The molecule has 3 rings (SSSR count). The molecule has 15 heavy (non-hydrogen) atoms. The Morgan fingerprint density at radius 1 is 1.47 bits per heavy atom. The third kappa shape index (κ3) is 1.19. The molecular formula is C12H12N2O. The maximum absolute atomic E-state index is 10.9. The van der Waals surface area contributed by atoms with Gasteiger partial charge in [0.1, 0.15) is 11.5 Å². The smallest absolute Gasteiger partial charge is 0.170 e. The molecule has 2 aromatic heterocycles. The molecule has 0 amide bonds. The van der Waals surface area contributed by atoms with Gasteiger partial charge in [0, 0.05) is 11.6 Å². The minimum Gasteiger partial charge on any atom is -0.300 e. The number of aryl methyl sites for hydroxylation is 1. The van der Waals surface area contributed by atoms with Gasteiger partial charge < -0.3 is 4.40 Å². The van der Waals surface area contributed by atoms with E-state index in [0.717, 1.165) is 23.3 Å². The molecule has 3 nitrogen and oxygen atoms in total. The Balaban J connectivity index is 2.39. The monoisotopic (exact) mass is 200 g/mol. The number of carbonyl (C=O) groups is 1. The number of nitrogens with zero attached hydrogens (tertiary/aromatic N) is 2. The molecule has 0 unspecified atom stereocenters. The van der Waals surface area contributed by atoms with Crippen LogP contribution in [0.25, 0.3) is 5.52 Å². The lowest BCUT2D eigenvalue weighted by Crippen LogP contribution is -1.95. The lowest BCUT2D eigenvalue weighted by Gasteiger charge is -2.02. The fraction of sp³-hybridized carbons (Fsp3) is 0.333. The van der Waals surface area contributed by atoms with E-state index in [4.69, 9.17) is 0 Å². The van der Waals surface area contributed by atoms with E-state index < -0.39 is 0 Å². The second-order valence-electron chi connectivity index (χ2n) is 4.14. The summed E-state index contributed by atoms with van der Waals surface area (Å²) in [4.78, 5) is 15.3. The van der Waals surface area contributed by atoms with E-state index >= 15 is 0 Å². The maximum Gasteiger partial charge on any atom is 0.170 e. The molecule has 0 spiro atoms. The highest BCUT2D eigenvalue weighted by atomic mass is 16.1. The van der Waals surface area contributed by atoms with Crippen LogP contribution in [0.4, 0.5) is 0 Å². The second kappa shape index (κ2) is 2.92. The Morgan fingerprint density at radius 3 is 2.93 bits per heavy atom. The highest BCUT2D eigenvalue weighted by molar-refractivity contribution is 5.84. The van der Waals surface area contributed by atoms with Crippen LogP contribution in [0.3, 0.4) is 0 Å². The lowest BCUT2D eigenvalue weighted by atomic mass is 10.3. The van der Waals surface area contributed by atoms with Gasteiger partial charge in [0.25, 0.3) is 0 Å². The van der Waals surface area contributed by atoms with Crippen molar-refractivity contribution in [1.82, 2.24) is 9.38 Å². The van der Waals surface area contributed by atoms with Gasteiger partial charge in [-0.3, -0.25) is 4.79 Å². The van der Waals surface area contributed by atoms with Crippen LogP contribution in [0.1, 0.15) is 40.8 Å². The quantitative estimate of drug-likeness (QED) is 0.697. The highest BCUT2D eigenvalue weighted by Gasteiger charge is 2.29. The van der Waals surface area contributed by atoms with Crippen molar-refractivity contribution in [2.24, 2.45) is 0 Å². The van der Waals surface area contributed by atoms with Gasteiger partial charge in [-0.25, -0.2) is 4.98 Å². The van der Waals surface area contributed by atoms with Crippen molar-refractivity contribution in [2.75, 3.05) is 0 Å². The molecule has 2 heterocycles. The Morgan fingerprint density at radius 2 is 2.27 bits per heavy atom. The van der Waals surface area contributed by atoms with Crippen LogP contribution in [-0.4, -0.2) is 15.7 Å². The summed E-state index contributed by atoms with van der Waals surface area (Å²) in [5, 5.41) is 0. The van der Waals surface area contributed by atoms with E-state index in [0.29, 0.717) is 11.6 Å². The van der Waals surface area contributed by atoms with Crippen LogP contribution < -0.4 is 0 Å². The van der Waals surface area contributed by atoms with E-state index in [1.54, 1.807) is 0 Å². The molecule has 1 saturated carbocycles. The van der Waals surface area contributed by atoms with Crippen LogP contribution in [0.15, 0.2) is 18.2 Å². The fourth-order valence-electron chi connectivity index (χ4n) is 2.05. The molecule has 0 N–H and O–H groups in total. The van der Waals surface area contributed by atoms with Gasteiger partial charge in [-0.1, -0.05) is 6.07 Å². The normalized spacial score (nSPS) is 15.8. The molecule has 1 aliphatic rings. The molecule has 0 radical (unpaired) electrons. The van der Waals surface area contributed by atoms with Crippen molar-refractivity contribution in [3.63, 3.8) is 0 Å². The maximum atomic E-state index is 10.9. The molecule has 0 bridgehead atoms. The number of hydrogen-bond acceptors (Lipinski definition) is 2. The van der Waals surface area contributed by atoms with Crippen molar-refractivity contribution in [2.45, 2.75) is 25.7 Å². The minimum atomic E-state index is 0.562. The van der Waals surface area contributed by atoms with E-state index in [2.05, 4.69) is 22.4 Å². The van der Waals surface area contributed by atoms with Gasteiger partial charge in [-0.2, -0.15) is 0 Å². The predicted octanol–water partition coefficient (Wildman–Crippen LogP) is 2.33. The first-order valence-corrected chi connectivity index (χ1v) is 5.24. The zero-order valence-electron chi connectivity index (χ0n) is 8.60. The average molecular weight is 200 g/mol. The summed E-state index contributed by atoms with van der Waals surface area (Å²) in [5.74, 6) is 1.62. The second-order valence-corrected chi connectivity index (χ2v) is 4.14. The molecule has 2 aromatic rings. The summed E-state index contributed by atoms with van der Waals surface area (Å²) < 4.78 is 2.11.